The Hall–Kier alpha value is -3.42. The Labute approximate surface area is 173 Å². The number of piperidine rings is 1. The third-order valence-electron chi connectivity index (χ3n) is 5.41. The summed E-state index contributed by atoms with van der Waals surface area (Å²) in [5.41, 5.74) is 1.63. The van der Waals surface area contributed by atoms with E-state index in [0.717, 1.165) is 17.7 Å². The number of nitrogens with one attached hydrogen (secondary N) is 2. The van der Waals surface area contributed by atoms with Gasteiger partial charge in [0.1, 0.15) is 23.3 Å². The first-order chi connectivity index (χ1) is 14.4. The molecule has 0 bridgehead atoms. The Morgan fingerprint density at radius 2 is 2.07 bits per heavy atom. The van der Waals surface area contributed by atoms with Crippen molar-refractivity contribution in [1.82, 2.24) is 20.4 Å². The Bertz CT molecular complexity index is 1060. The second-order valence-electron chi connectivity index (χ2n) is 7.50. The lowest BCUT2D eigenvalue weighted by molar-refractivity contribution is -0.138. The van der Waals surface area contributed by atoms with Gasteiger partial charge in [0.05, 0.1) is 6.04 Å². The zero-order valence-electron chi connectivity index (χ0n) is 16.8. The van der Waals surface area contributed by atoms with E-state index in [1.807, 2.05) is 19.9 Å². The van der Waals surface area contributed by atoms with Crippen LogP contribution in [0.3, 0.4) is 0 Å². The number of likely N-dealkylation sites (tertiary alicyclic amines) is 1. The van der Waals surface area contributed by atoms with Crippen molar-refractivity contribution in [3.05, 3.63) is 65.3 Å². The van der Waals surface area contributed by atoms with Gasteiger partial charge in [0.15, 0.2) is 11.5 Å². The van der Waals surface area contributed by atoms with Gasteiger partial charge in [-0.2, -0.15) is 5.10 Å². The van der Waals surface area contributed by atoms with Crippen LogP contribution in [0.4, 0.5) is 4.39 Å². The predicted octanol–water partition coefficient (Wildman–Crippen LogP) is 3.60. The molecular formula is C22H23FN4O3. The molecule has 0 spiro atoms. The van der Waals surface area contributed by atoms with Gasteiger partial charge in [0.25, 0.3) is 5.91 Å². The fraction of sp³-hybridized carbons (Fsp3) is 0.318. The number of carbonyl (C=O) groups excluding carboxylic acids is 2. The number of halogens is 1. The van der Waals surface area contributed by atoms with Crippen LogP contribution in [0.1, 0.15) is 47.6 Å². The Balaban J connectivity index is 1.44. The molecule has 30 heavy (non-hydrogen) atoms. The van der Waals surface area contributed by atoms with Crippen LogP contribution in [0, 0.1) is 12.7 Å². The van der Waals surface area contributed by atoms with E-state index in [9.17, 15) is 14.0 Å². The highest BCUT2D eigenvalue weighted by Crippen LogP contribution is 2.26. The zero-order chi connectivity index (χ0) is 21.3. The van der Waals surface area contributed by atoms with Gasteiger partial charge in [0, 0.05) is 12.6 Å². The third-order valence-corrected chi connectivity index (χ3v) is 5.41. The molecule has 2 N–H and O–H groups in total. The van der Waals surface area contributed by atoms with Crippen LogP contribution < -0.4 is 5.32 Å². The molecule has 4 rings (SSSR count). The molecule has 7 nitrogen and oxygen atoms in total. The summed E-state index contributed by atoms with van der Waals surface area (Å²) in [5, 5.41) is 9.63. The molecule has 1 saturated heterocycles. The molecule has 2 atom stereocenters. The summed E-state index contributed by atoms with van der Waals surface area (Å²) < 4.78 is 18.7. The highest BCUT2D eigenvalue weighted by atomic mass is 19.1. The van der Waals surface area contributed by atoms with Crippen molar-refractivity contribution in [2.24, 2.45) is 0 Å². The normalized spacial score (nSPS) is 17.8. The number of aromatic nitrogens is 2. The van der Waals surface area contributed by atoms with Crippen molar-refractivity contribution in [3.63, 3.8) is 0 Å². The molecule has 2 unspecified atom stereocenters. The van der Waals surface area contributed by atoms with Crippen molar-refractivity contribution in [2.45, 2.75) is 38.8 Å². The van der Waals surface area contributed by atoms with E-state index in [2.05, 4.69) is 15.5 Å². The Morgan fingerprint density at radius 3 is 2.77 bits per heavy atom. The van der Waals surface area contributed by atoms with E-state index < -0.39 is 11.9 Å². The number of aromatic amines is 1. The van der Waals surface area contributed by atoms with Gasteiger partial charge in [-0.15, -0.1) is 0 Å². The molecule has 1 aromatic carbocycles. The van der Waals surface area contributed by atoms with Crippen LogP contribution in [0.2, 0.25) is 0 Å². The number of furan rings is 1. The van der Waals surface area contributed by atoms with Crippen LogP contribution in [-0.2, 0) is 4.79 Å². The van der Waals surface area contributed by atoms with Crippen LogP contribution in [0.15, 0.2) is 46.9 Å². The molecule has 2 amide bonds. The zero-order valence-corrected chi connectivity index (χ0v) is 16.8. The summed E-state index contributed by atoms with van der Waals surface area (Å²) >= 11 is 0. The van der Waals surface area contributed by atoms with Gasteiger partial charge in [0.2, 0.25) is 5.91 Å². The Morgan fingerprint density at radius 1 is 1.30 bits per heavy atom. The molecular weight excluding hydrogens is 387 g/mol. The third kappa shape index (κ3) is 3.98. The largest absolute Gasteiger partial charge is 0.460 e. The minimum atomic E-state index is -0.625. The molecule has 0 saturated carbocycles. The topological polar surface area (TPSA) is 91.2 Å². The highest BCUT2D eigenvalue weighted by Gasteiger charge is 2.33. The SMILES string of the molecule is Cc1ccc(-c2cc(C(=O)NC3CCCN(C(C)c4ccc(F)cc4)C3=O)n[nH]2)o1. The lowest BCUT2D eigenvalue weighted by Gasteiger charge is -2.37. The van der Waals surface area contributed by atoms with Crippen molar-refractivity contribution in [2.75, 3.05) is 6.54 Å². The number of hydrogen-bond donors (Lipinski definition) is 2. The van der Waals surface area contributed by atoms with Crippen LogP contribution in [0.5, 0.6) is 0 Å². The number of benzene rings is 1. The summed E-state index contributed by atoms with van der Waals surface area (Å²) in [6.45, 7) is 4.33. The molecule has 3 heterocycles. The van der Waals surface area contributed by atoms with Gasteiger partial charge in [-0.05, 0) is 56.5 Å². The van der Waals surface area contributed by atoms with Crippen LogP contribution >= 0.6 is 0 Å². The lowest BCUT2D eigenvalue weighted by atomic mass is 9.99. The number of nitrogens with zero attached hydrogens (tertiary/aromatic N) is 2. The number of hydrogen-bond acceptors (Lipinski definition) is 4. The van der Waals surface area contributed by atoms with Crippen LogP contribution in [0.25, 0.3) is 11.5 Å². The molecule has 156 valence electrons. The maximum atomic E-state index is 13.2. The maximum absolute atomic E-state index is 13.2. The fourth-order valence-electron chi connectivity index (χ4n) is 3.71. The van der Waals surface area contributed by atoms with Gasteiger partial charge in [-0.25, -0.2) is 4.39 Å². The molecule has 0 radical (unpaired) electrons. The smallest absolute Gasteiger partial charge is 0.272 e. The van der Waals surface area contributed by atoms with Gasteiger partial charge in [-0.3, -0.25) is 14.7 Å². The molecule has 1 aliphatic rings. The quantitative estimate of drug-likeness (QED) is 0.672. The second kappa shape index (κ2) is 8.14. The molecule has 8 heteroatoms. The first-order valence-electron chi connectivity index (χ1n) is 9.91. The predicted molar refractivity (Wildman–Crippen MR) is 108 cm³/mol. The summed E-state index contributed by atoms with van der Waals surface area (Å²) in [4.78, 5) is 27.4. The average Bonchev–Trinajstić information content (AvgIpc) is 3.39. The number of amides is 2. The molecule has 3 aromatic rings. The van der Waals surface area contributed by atoms with Gasteiger partial charge < -0.3 is 14.6 Å². The van der Waals surface area contributed by atoms with E-state index in [1.165, 1.54) is 12.1 Å². The first-order valence-corrected chi connectivity index (χ1v) is 9.91. The monoisotopic (exact) mass is 410 g/mol. The minimum absolute atomic E-state index is 0.149. The first kappa shape index (κ1) is 19.9. The van der Waals surface area contributed by atoms with Crippen LogP contribution in [-0.4, -0.2) is 39.5 Å². The summed E-state index contributed by atoms with van der Waals surface area (Å²) in [7, 11) is 0. The number of carbonyl (C=O) groups is 2. The second-order valence-corrected chi connectivity index (χ2v) is 7.50. The van der Waals surface area contributed by atoms with Gasteiger partial charge in [-0.1, -0.05) is 12.1 Å². The van der Waals surface area contributed by atoms with E-state index in [1.54, 1.807) is 29.2 Å². The summed E-state index contributed by atoms with van der Waals surface area (Å²) in [5.74, 6) is 0.462. The van der Waals surface area contributed by atoms with Crippen molar-refractivity contribution in [3.8, 4) is 11.5 Å². The van der Waals surface area contributed by atoms with E-state index in [0.29, 0.717) is 24.4 Å². The number of H-pyrrole nitrogens is 1. The molecule has 1 fully saturated rings. The summed E-state index contributed by atoms with van der Waals surface area (Å²) in [6, 6.07) is 10.5. The minimum Gasteiger partial charge on any atom is -0.460 e. The van der Waals surface area contributed by atoms with E-state index >= 15 is 0 Å². The fourth-order valence-corrected chi connectivity index (χ4v) is 3.71. The summed E-state index contributed by atoms with van der Waals surface area (Å²) in [6.07, 6.45) is 1.32. The maximum Gasteiger partial charge on any atom is 0.272 e. The van der Waals surface area contributed by atoms with E-state index in [-0.39, 0.29) is 23.5 Å². The van der Waals surface area contributed by atoms with Crippen molar-refractivity contribution >= 4 is 11.8 Å². The lowest BCUT2D eigenvalue weighted by Crippen LogP contribution is -2.52. The van der Waals surface area contributed by atoms with Crippen molar-refractivity contribution < 1.29 is 18.4 Å². The molecule has 1 aliphatic heterocycles. The molecule has 2 aromatic heterocycles. The highest BCUT2D eigenvalue weighted by molar-refractivity contribution is 5.97. The Kier molecular flexibility index (Phi) is 5.39. The number of rotatable bonds is 5. The van der Waals surface area contributed by atoms with Crippen molar-refractivity contribution in [1.29, 1.82) is 0 Å². The van der Waals surface area contributed by atoms with Gasteiger partial charge >= 0.3 is 0 Å². The standard InChI is InChI=1S/C22H23FN4O3/c1-13-5-10-20(30-13)18-12-19(26-25-18)21(28)24-17-4-3-11-27(22(17)29)14(2)15-6-8-16(23)9-7-15/h5-10,12,14,17H,3-4,11H2,1-2H3,(H,24,28)(H,25,26). The van der Waals surface area contributed by atoms with E-state index in [4.69, 9.17) is 4.42 Å². The average molecular weight is 410 g/mol. The number of aryl methyl sites for hydroxylation is 1. The molecule has 0 aliphatic carbocycles.